The Morgan fingerprint density at radius 2 is 2.06 bits per heavy atom. The fraction of sp³-hybridized carbons (Fsp3) is 0.222. The van der Waals surface area contributed by atoms with Crippen LogP contribution in [0.5, 0.6) is 5.75 Å². The average Bonchev–Trinajstić information content (AvgIpc) is 2.19. The quantitative estimate of drug-likeness (QED) is 0.706. The van der Waals surface area contributed by atoms with E-state index < -0.39 is 19.0 Å². The Balaban J connectivity index is 3.04. The molecule has 0 saturated heterocycles. The predicted octanol–water partition coefficient (Wildman–Crippen LogP) is -0.124. The van der Waals surface area contributed by atoms with E-state index in [1.807, 2.05) is 0 Å². The maximum atomic E-state index is 13.3. The van der Waals surface area contributed by atoms with Gasteiger partial charge in [0.25, 0.3) is 5.91 Å². The Morgan fingerprint density at radius 3 is 2.56 bits per heavy atom. The highest BCUT2D eigenvalue weighted by atomic mass is 19.1. The zero-order valence-corrected chi connectivity index (χ0v) is 8.85. The molecule has 2 N–H and O–H groups in total. The fourth-order valence-electron chi connectivity index (χ4n) is 1.10. The normalized spacial score (nSPS) is 9.81. The van der Waals surface area contributed by atoms with Gasteiger partial charge in [-0.3, -0.25) is 4.79 Å². The summed E-state index contributed by atoms with van der Waals surface area (Å²) in [5.74, 6) is -1.23. The Labute approximate surface area is 92.2 Å². The fourth-order valence-corrected chi connectivity index (χ4v) is 1.10. The van der Waals surface area contributed by atoms with Crippen molar-refractivity contribution in [3.63, 3.8) is 0 Å². The van der Waals surface area contributed by atoms with Gasteiger partial charge in [0.15, 0.2) is 0 Å². The van der Waals surface area contributed by atoms with Crippen LogP contribution in [0.15, 0.2) is 18.2 Å². The third-order valence-electron chi connectivity index (χ3n) is 1.82. The lowest BCUT2D eigenvalue weighted by molar-refractivity contribution is 0.0822. The van der Waals surface area contributed by atoms with Crippen molar-refractivity contribution in [2.24, 2.45) is 0 Å². The van der Waals surface area contributed by atoms with Crippen LogP contribution in [0.3, 0.4) is 0 Å². The molecule has 0 bridgehead atoms. The Kier molecular flexibility index (Phi) is 3.86. The van der Waals surface area contributed by atoms with Crippen molar-refractivity contribution in [1.82, 2.24) is 4.90 Å². The number of hydrogen-bond acceptors (Lipinski definition) is 4. The molecule has 7 heteroatoms. The van der Waals surface area contributed by atoms with Crippen LogP contribution in [0, 0.1) is 5.82 Å². The lowest BCUT2D eigenvalue weighted by Gasteiger charge is -2.12. The van der Waals surface area contributed by atoms with Gasteiger partial charge in [-0.1, -0.05) is 0 Å². The van der Waals surface area contributed by atoms with E-state index in [1.165, 1.54) is 25.1 Å². The van der Waals surface area contributed by atoms with Gasteiger partial charge in [0, 0.05) is 14.1 Å². The summed E-state index contributed by atoms with van der Waals surface area (Å²) in [5, 5.41) is 17.1. The number of nitrogens with zero attached hydrogens (tertiary/aromatic N) is 1. The Bertz CT molecular complexity index is 397. The molecule has 0 saturated carbocycles. The SMILES string of the molecule is CN(C)C(=O)c1cc(OB(O)O)ccc1F. The van der Waals surface area contributed by atoms with Crippen LogP contribution in [-0.2, 0) is 0 Å². The van der Waals surface area contributed by atoms with Crippen LogP contribution in [0.4, 0.5) is 4.39 Å². The van der Waals surface area contributed by atoms with Gasteiger partial charge in [-0.25, -0.2) is 4.39 Å². The van der Waals surface area contributed by atoms with Gasteiger partial charge in [0.2, 0.25) is 0 Å². The summed E-state index contributed by atoms with van der Waals surface area (Å²) in [5.41, 5.74) is -0.192. The molecule has 0 radical (unpaired) electrons. The van der Waals surface area contributed by atoms with Crippen molar-refractivity contribution >= 4 is 13.2 Å². The smallest absolute Gasteiger partial charge is 0.512 e. The largest absolute Gasteiger partial charge is 0.707 e. The van der Waals surface area contributed by atoms with E-state index in [9.17, 15) is 9.18 Å². The van der Waals surface area contributed by atoms with Crippen molar-refractivity contribution in [3.05, 3.63) is 29.6 Å². The molecule has 86 valence electrons. The van der Waals surface area contributed by atoms with E-state index in [0.29, 0.717) is 0 Å². The molecule has 0 heterocycles. The summed E-state index contributed by atoms with van der Waals surface area (Å²) in [6, 6.07) is 3.33. The molecule has 1 aromatic carbocycles. The van der Waals surface area contributed by atoms with Crippen LogP contribution >= 0.6 is 0 Å². The third kappa shape index (κ3) is 2.95. The number of benzene rings is 1. The standard InChI is InChI=1S/C9H11BFNO4/c1-12(2)9(13)7-5-6(16-10(14)15)3-4-8(7)11/h3-5,14-15H,1-2H3. The summed E-state index contributed by atoms with van der Waals surface area (Å²) >= 11 is 0. The summed E-state index contributed by atoms with van der Waals surface area (Å²) in [6.07, 6.45) is 0. The van der Waals surface area contributed by atoms with Crippen LogP contribution in [0.25, 0.3) is 0 Å². The van der Waals surface area contributed by atoms with Crippen molar-refractivity contribution in [2.75, 3.05) is 14.1 Å². The second kappa shape index (κ2) is 4.95. The summed E-state index contributed by atoms with van der Waals surface area (Å²) < 4.78 is 17.8. The predicted molar refractivity (Wildman–Crippen MR) is 55.2 cm³/mol. The Hall–Kier alpha value is -1.60. The Morgan fingerprint density at radius 1 is 1.44 bits per heavy atom. The lowest BCUT2D eigenvalue weighted by Crippen LogP contribution is -2.24. The van der Waals surface area contributed by atoms with Gasteiger partial charge >= 0.3 is 7.32 Å². The minimum atomic E-state index is -2.01. The zero-order chi connectivity index (χ0) is 12.3. The summed E-state index contributed by atoms with van der Waals surface area (Å²) in [7, 11) is 0.958. The van der Waals surface area contributed by atoms with Gasteiger partial charge < -0.3 is 19.6 Å². The van der Waals surface area contributed by atoms with E-state index in [4.69, 9.17) is 10.0 Å². The molecule has 0 aliphatic carbocycles. The first-order valence-corrected chi connectivity index (χ1v) is 4.46. The van der Waals surface area contributed by atoms with Gasteiger partial charge in [-0.2, -0.15) is 0 Å². The molecular weight excluding hydrogens is 216 g/mol. The van der Waals surface area contributed by atoms with Crippen molar-refractivity contribution < 1.29 is 23.9 Å². The maximum absolute atomic E-state index is 13.3. The first-order chi connectivity index (χ1) is 7.41. The van der Waals surface area contributed by atoms with Gasteiger partial charge in [0.1, 0.15) is 11.6 Å². The minimum absolute atomic E-state index is 0.00148. The number of amides is 1. The van der Waals surface area contributed by atoms with E-state index in [1.54, 1.807) is 0 Å². The molecule has 0 unspecified atom stereocenters. The second-order valence-corrected chi connectivity index (χ2v) is 3.29. The molecule has 16 heavy (non-hydrogen) atoms. The topological polar surface area (TPSA) is 70.0 Å². The minimum Gasteiger partial charge on any atom is -0.512 e. The van der Waals surface area contributed by atoms with Crippen LogP contribution in [-0.4, -0.2) is 42.3 Å². The molecule has 0 fully saturated rings. The first kappa shape index (κ1) is 12.5. The summed E-state index contributed by atoms with van der Waals surface area (Å²) in [6.45, 7) is 0. The highest BCUT2D eigenvalue weighted by Crippen LogP contribution is 2.18. The summed E-state index contributed by atoms with van der Waals surface area (Å²) in [4.78, 5) is 12.7. The third-order valence-corrected chi connectivity index (χ3v) is 1.82. The first-order valence-electron chi connectivity index (χ1n) is 4.46. The molecule has 0 aliphatic rings. The number of halogens is 1. The number of carbonyl (C=O) groups is 1. The van der Waals surface area contributed by atoms with Crippen LogP contribution < -0.4 is 4.65 Å². The van der Waals surface area contributed by atoms with E-state index in [0.717, 1.165) is 12.1 Å². The number of hydrogen-bond donors (Lipinski definition) is 2. The average molecular weight is 227 g/mol. The molecule has 5 nitrogen and oxygen atoms in total. The zero-order valence-electron chi connectivity index (χ0n) is 8.85. The molecule has 0 atom stereocenters. The monoisotopic (exact) mass is 227 g/mol. The number of carbonyl (C=O) groups excluding carboxylic acids is 1. The molecular formula is C9H11BFNO4. The molecule has 1 amide bonds. The van der Waals surface area contributed by atoms with Crippen molar-refractivity contribution in [3.8, 4) is 5.75 Å². The highest BCUT2D eigenvalue weighted by Gasteiger charge is 2.17. The molecule has 0 spiro atoms. The van der Waals surface area contributed by atoms with Gasteiger partial charge in [-0.05, 0) is 18.2 Å². The number of rotatable bonds is 3. The van der Waals surface area contributed by atoms with Crippen LogP contribution in [0.1, 0.15) is 10.4 Å². The van der Waals surface area contributed by atoms with Gasteiger partial charge in [0.05, 0.1) is 5.56 Å². The molecule has 0 aromatic heterocycles. The van der Waals surface area contributed by atoms with Crippen molar-refractivity contribution in [2.45, 2.75) is 0 Å². The van der Waals surface area contributed by atoms with E-state index >= 15 is 0 Å². The maximum Gasteiger partial charge on any atom is 0.707 e. The molecule has 1 rings (SSSR count). The molecule has 1 aromatic rings. The second-order valence-electron chi connectivity index (χ2n) is 3.29. The van der Waals surface area contributed by atoms with E-state index in [2.05, 4.69) is 4.65 Å². The van der Waals surface area contributed by atoms with E-state index in [-0.39, 0.29) is 11.3 Å². The van der Waals surface area contributed by atoms with Crippen molar-refractivity contribution in [1.29, 1.82) is 0 Å². The van der Waals surface area contributed by atoms with Crippen LogP contribution in [0.2, 0.25) is 0 Å². The molecule has 0 aliphatic heterocycles. The lowest BCUT2D eigenvalue weighted by atomic mass is 10.1. The van der Waals surface area contributed by atoms with Gasteiger partial charge in [-0.15, -0.1) is 0 Å². The highest BCUT2D eigenvalue weighted by molar-refractivity contribution is 6.33.